The van der Waals surface area contributed by atoms with Crippen molar-refractivity contribution in [2.24, 2.45) is 0 Å². The summed E-state index contributed by atoms with van der Waals surface area (Å²) < 4.78 is 12.8. The average Bonchev–Trinajstić information content (AvgIpc) is 2.93. The molecular weight excluding hydrogens is 251 g/mol. The zero-order chi connectivity index (χ0) is 13.8. The van der Waals surface area contributed by atoms with Gasteiger partial charge < -0.3 is 10.3 Å². The van der Waals surface area contributed by atoms with Gasteiger partial charge in [0, 0.05) is 18.3 Å². The van der Waals surface area contributed by atoms with Gasteiger partial charge in [-0.15, -0.1) is 0 Å². The molecule has 20 heavy (non-hydrogen) atoms. The molecule has 0 saturated carbocycles. The average molecular weight is 268 g/mol. The zero-order valence-corrected chi connectivity index (χ0v) is 11.2. The first-order chi connectivity index (χ1) is 9.81. The smallest absolute Gasteiger partial charge is 0.123 e. The number of nitrogens with one attached hydrogen (secondary N) is 2. The molecule has 0 saturated heterocycles. The molecule has 0 aliphatic rings. The number of hydrogen-bond donors (Lipinski definition) is 2. The third-order valence-electron chi connectivity index (χ3n) is 3.45. The van der Waals surface area contributed by atoms with Gasteiger partial charge in [0.25, 0.3) is 0 Å². The third kappa shape index (κ3) is 3.06. The van der Waals surface area contributed by atoms with Crippen molar-refractivity contribution in [3.05, 3.63) is 71.7 Å². The maximum absolute atomic E-state index is 12.8. The molecule has 0 bridgehead atoms. The Balaban J connectivity index is 1.50. The molecule has 1 heterocycles. The predicted octanol–water partition coefficient (Wildman–Crippen LogP) is 3.64. The van der Waals surface area contributed by atoms with E-state index in [4.69, 9.17) is 0 Å². The summed E-state index contributed by atoms with van der Waals surface area (Å²) >= 11 is 0. The zero-order valence-electron chi connectivity index (χ0n) is 11.2. The van der Waals surface area contributed by atoms with E-state index < -0.39 is 0 Å². The van der Waals surface area contributed by atoms with Crippen LogP contribution in [0.2, 0.25) is 0 Å². The summed E-state index contributed by atoms with van der Waals surface area (Å²) in [5.74, 6) is -0.179. The Morgan fingerprint density at radius 2 is 1.75 bits per heavy atom. The van der Waals surface area contributed by atoms with Crippen LogP contribution >= 0.6 is 0 Å². The van der Waals surface area contributed by atoms with E-state index in [1.54, 1.807) is 0 Å². The highest BCUT2D eigenvalue weighted by molar-refractivity contribution is 5.79. The van der Waals surface area contributed by atoms with Gasteiger partial charge in [-0.1, -0.05) is 18.2 Å². The minimum Gasteiger partial charge on any atom is -0.361 e. The second-order valence-electron chi connectivity index (χ2n) is 4.95. The van der Waals surface area contributed by atoms with Crippen LogP contribution in [0.25, 0.3) is 10.9 Å². The first kappa shape index (κ1) is 12.9. The van der Waals surface area contributed by atoms with Crippen LogP contribution in [0.1, 0.15) is 11.1 Å². The molecule has 3 heteroatoms. The lowest BCUT2D eigenvalue weighted by molar-refractivity contribution is 0.626. The summed E-state index contributed by atoms with van der Waals surface area (Å²) in [6, 6.07) is 15.2. The Bertz CT molecular complexity index is 686. The van der Waals surface area contributed by atoms with Gasteiger partial charge in [0.05, 0.1) is 0 Å². The fourth-order valence-electron chi connectivity index (χ4n) is 2.33. The summed E-state index contributed by atoms with van der Waals surface area (Å²) in [6.45, 7) is 1.74. The van der Waals surface area contributed by atoms with Gasteiger partial charge in [-0.25, -0.2) is 4.39 Å². The maximum Gasteiger partial charge on any atom is 0.123 e. The topological polar surface area (TPSA) is 27.8 Å². The molecule has 102 valence electrons. The lowest BCUT2D eigenvalue weighted by Gasteiger charge is -2.05. The van der Waals surface area contributed by atoms with Crippen molar-refractivity contribution in [1.29, 1.82) is 0 Å². The van der Waals surface area contributed by atoms with Gasteiger partial charge in [-0.2, -0.15) is 0 Å². The fourth-order valence-corrected chi connectivity index (χ4v) is 2.33. The van der Waals surface area contributed by atoms with Crippen LogP contribution in [0.3, 0.4) is 0 Å². The van der Waals surface area contributed by atoms with Gasteiger partial charge in [0.2, 0.25) is 0 Å². The second kappa shape index (κ2) is 5.88. The Kier molecular flexibility index (Phi) is 3.79. The molecule has 3 aromatic rings. The number of halogens is 1. The molecule has 3 rings (SSSR count). The molecule has 2 nitrogen and oxygen atoms in total. The fraction of sp³-hybridized carbons (Fsp3) is 0.176. The van der Waals surface area contributed by atoms with E-state index in [1.165, 1.54) is 28.6 Å². The van der Waals surface area contributed by atoms with Crippen molar-refractivity contribution < 1.29 is 4.39 Å². The van der Waals surface area contributed by atoms with Crippen LogP contribution in [-0.4, -0.2) is 11.5 Å². The number of benzene rings is 2. The van der Waals surface area contributed by atoms with Crippen molar-refractivity contribution in [2.75, 3.05) is 6.54 Å². The molecular formula is C17H17FN2. The number of aromatic amines is 1. The Morgan fingerprint density at radius 1 is 0.950 bits per heavy atom. The first-order valence-corrected chi connectivity index (χ1v) is 6.82. The predicted molar refractivity (Wildman–Crippen MR) is 80.1 cm³/mol. The van der Waals surface area contributed by atoms with Crippen LogP contribution in [0.5, 0.6) is 0 Å². The van der Waals surface area contributed by atoms with Crippen molar-refractivity contribution in [3.8, 4) is 0 Å². The van der Waals surface area contributed by atoms with E-state index in [9.17, 15) is 4.39 Å². The van der Waals surface area contributed by atoms with Gasteiger partial charge in [0.15, 0.2) is 0 Å². The number of rotatable bonds is 5. The van der Waals surface area contributed by atoms with E-state index in [0.717, 1.165) is 25.1 Å². The quantitative estimate of drug-likeness (QED) is 0.679. The minimum absolute atomic E-state index is 0.179. The van der Waals surface area contributed by atoms with Gasteiger partial charge >= 0.3 is 0 Å². The Morgan fingerprint density at radius 3 is 2.60 bits per heavy atom. The van der Waals surface area contributed by atoms with Crippen molar-refractivity contribution in [3.63, 3.8) is 0 Å². The van der Waals surface area contributed by atoms with Crippen molar-refractivity contribution >= 4 is 10.9 Å². The number of fused-ring (bicyclic) bond motifs is 1. The molecule has 0 atom stereocenters. The molecule has 0 aliphatic carbocycles. The highest BCUT2D eigenvalue weighted by Gasteiger charge is 1.98. The van der Waals surface area contributed by atoms with E-state index >= 15 is 0 Å². The molecule has 0 amide bonds. The molecule has 1 aromatic heterocycles. The van der Waals surface area contributed by atoms with E-state index in [-0.39, 0.29) is 5.82 Å². The summed E-state index contributed by atoms with van der Waals surface area (Å²) in [7, 11) is 0. The summed E-state index contributed by atoms with van der Waals surface area (Å²) in [6.07, 6.45) is 2.86. The van der Waals surface area contributed by atoms with E-state index in [0.29, 0.717) is 0 Å². The lowest BCUT2D eigenvalue weighted by atomic mass is 10.1. The van der Waals surface area contributed by atoms with E-state index in [1.807, 2.05) is 18.3 Å². The Hall–Kier alpha value is -2.13. The molecule has 2 N–H and O–H groups in total. The Labute approximate surface area is 117 Å². The highest BCUT2D eigenvalue weighted by Crippen LogP contribution is 2.14. The number of H-pyrrole nitrogens is 1. The monoisotopic (exact) mass is 268 g/mol. The maximum atomic E-state index is 12.8. The van der Waals surface area contributed by atoms with Crippen LogP contribution in [-0.2, 0) is 13.0 Å². The minimum atomic E-state index is -0.179. The first-order valence-electron chi connectivity index (χ1n) is 6.82. The second-order valence-corrected chi connectivity index (χ2v) is 4.95. The lowest BCUT2D eigenvalue weighted by Crippen LogP contribution is -2.16. The van der Waals surface area contributed by atoms with Crippen LogP contribution < -0.4 is 5.32 Å². The van der Waals surface area contributed by atoms with Crippen molar-refractivity contribution in [1.82, 2.24) is 10.3 Å². The number of hydrogen-bond acceptors (Lipinski definition) is 1. The molecule has 2 aromatic carbocycles. The molecule has 0 aliphatic heterocycles. The summed E-state index contributed by atoms with van der Waals surface area (Å²) in [5.41, 5.74) is 3.59. The van der Waals surface area contributed by atoms with Gasteiger partial charge in [0.1, 0.15) is 5.82 Å². The van der Waals surface area contributed by atoms with Gasteiger partial charge in [-0.3, -0.25) is 0 Å². The van der Waals surface area contributed by atoms with E-state index in [2.05, 4.69) is 34.6 Å². The normalized spacial score (nSPS) is 11.1. The standard InChI is InChI=1S/C17H17FN2/c18-16-4-1-13(2-5-16)7-9-19-12-14-3-6-17-15(11-14)8-10-20-17/h1-6,8,10-11,19-20H,7,9,12H2. The summed E-state index contributed by atoms with van der Waals surface area (Å²) in [5, 5.41) is 4.66. The van der Waals surface area contributed by atoms with Crippen LogP contribution in [0.4, 0.5) is 4.39 Å². The molecule has 0 spiro atoms. The highest BCUT2D eigenvalue weighted by atomic mass is 19.1. The molecule has 0 radical (unpaired) electrons. The van der Waals surface area contributed by atoms with Gasteiger partial charge in [-0.05, 0) is 59.8 Å². The molecule has 0 fully saturated rings. The molecule has 0 unspecified atom stereocenters. The summed E-state index contributed by atoms with van der Waals surface area (Å²) in [4.78, 5) is 3.19. The number of aromatic nitrogens is 1. The third-order valence-corrected chi connectivity index (χ3v) is 3.45. The SMILES string of the molecule is Fc1ccc(CCNCc2ccc3[nH]ccc3c2)cc1. The van der Waals surface area contributed by atoms with Crippen molar-refractivity contribution in [2.45, 2.75) is 13.0 Å². The van der Waals surface area contributed by atoms with Crippen LogP contribution in [0.15, 0.2) is 54.7 Å². The largest absolute Gasteiger partial charge is 0.361 e. The van der Waals surface area contributed by atoms with Crippen LogP contribution in [0, 0.1) is 5.82 Å².